The van der Waals surface area contributed by atoms with E-state index in [0.717, 1.165) is 16.7 Å². The second-order valence-electron chi connectivity index (χ2n) is 6.38. The smallest absolute Gasteiger partial charge is 0.263 e. The number of fused-ring (bicyclic) bond motifs is 1. The summed E-state index contributed by atoms with van der Waals surface area (Å²) in [5.74, 6) is 0.531. The van der Waals surface area contributed by atoms with Crippen LogP contribution in [0.15, 0.2) is 71.2 Å². The summed E-state index contributed by atoms with van der Waals surface area (Å²) in [4.78, 5) is 16.4. The van der Waals surface area contributed by atoms with E-state index in [1.807, 2.05) is 35.0 Å². The molecule has 2 aromatic heterocycles. The average Bonchev–Trinajstić information content (AvgIpc) is 3.37. The van der Waals surface area contributed by atoms with Gasteiger partial charge in [0.25, 0.3) is 10.0 Å². The normalized spacial score (nSPS) is 11.4. The van der Waals surface area contributed by atoms with Gasteiger partial charge in [-0.1, -0.05) is 0 Å². The number of nitrogens with zero attached hydrogens (tertiary/aromatic N) is 2. The quantitative estimate of drug-likeness (QED) is 0.456. The Hall–Kier alpha value is -3.37. The van der Waals surface area contributed by atoms with Crippen LogP contribution >= 0.6 is 11.3 Å². The minimum Gasteiger partial charge on any atom is -0.497 e. The molecule has 2 aromatic carbocycles. The lowest BCUT2D eigenvalue weighted by Crippen LogP contribution is -2.18. The molecule has 0 bridgehead atoms. The van der Waals surface area contributed by atoms with Gasteiger partial charge in [-0.3, -0.25) is 9.52 Å². The number of aromatic nitrogens is 2. The molecule has 0 saturated carbocycles. The second-order valence-corrected chi connectivity index (χ2v) is 8.96. The minimum atomic E-state index is -3.73. The molecule has 4 rings (SSSR count). The van der Waals surface area contributed by atoms with Crippen LogP contribution in [-0.4, -0.2) is 31.0 Å². The number of methoxy groups -OCH3 is 1. The molecule has 0 aliphatic rings. The first-order valence-corrected chi connectivity index (χ1v) is 11.3. The third kappa shape index (κ3) is 4.29. The van der Waals surface area contributed by atoms with Crippen molar-refractivity contribution in [3.63, 3.8) is 0 Å². The third-order valence-corrected chi connectivity index (χ3v) is 6.57. The lowest BCUT2D eigenvalue weighted by molar-refractivity contribution is -0.116. The van der Waals surface area contributed by atoms with Gasteiger partial charge in [0.1, 0.15) is 12.3 Å². The van der Waals surface area contributed by atoms with Crippen LogP contribution < -0.4 is 14.8 Å². The Morgan fingerprint density at radius 3 is 2.67 bits per heavy atom. The van der Waals surface area contributed by atoms with Crippen LogP contribution in [0.3, 0.4) is 0 Å². The summed E-state index contributed by atoms with van der Waals surface area (Å²) in [6.07, 6.45) is 3.36. The number of rotatable bonds is 7. The van der Waals surface area contributed by atoms with Crippen molar-refractivity contribution in [1.82, 2.24) is 9.55 Å². The summed E-state index contributed by atoms with van der Waals surface area (Å²) >= 11 is 1.19. The van der Waals surface area contributed by atoms with E-state index in [4.69, 9.17) is 4.74 Å². The van der Waals surface area contributed by atoms with Crippen molar-refractivity contribution in [2.75, 3.05) is 17.1 Å². The number of thiazole rings is 1. The fraction of sp³-hybridized carbons (Fsp3) is 0.100. The zero-order chi connectivity index (χ0) is 21.1. The lowest BCUT2D eigenvalue weighted by Gasteiger charge is -2.09. The Morgan fingerprint density at radius 1 is 1.17 bits per heavy atom. The van der Waals surface area contributed by atoms with Gasteiger partial charge in [0.2, 0.25) is 5.91 Å². The largest absolute Gasteiger partial charge is 0.497 e. The molecular weight excluding hydrogens is 424 g/mol. The summed E-state index contributed by atoms with van der Waals surface area (Å²) < 4.78 is 34.2. The number of carbonyl (C=O) groups excluding carboxylic acids is 1. The lowest BCUT2D eigenvalue weighted by atomic mass is 10.2. The zero-order valence-corrected chi connectivity index (χ0v) is 17.5. The van der Waals surface area contributed by atoms with Crippen molar-refractivity contribution in [1.29, 1.82) is 0 Å². The topological polar surface area (TPSA) is 102 Å². The SMILES string of the molecule is COc1ccc2c(ccn2CC(=O)Nc2ccc(S(=O)(=O)Nc3nccs3)cc2)c1. The average molecular weight is 443 g/mol. The van der Waals surface area contributed by atoms with Crippen molar-refractivity contribution < 1.29 is 17.9 Å². The molecule has 1 amide bonds. The molecule has 0 spiro atoms. The first kappa shape index (κ1) is 19.9. The van der Waals surface area contributed by atoms with Gasteiger partial charge in [0, 0.05) is 34.4 Å². The molecule has 154 valence electrons. The molecule has 2 heterocycles. The van der Waals surface area contributed by atoms with Gasteiger partial charge in [-0.05, 0) is 48.5 Å². The molecule has 2 N–H and O–H groups in total. The van der Waals surface area contributed by atoms with Gasteiger partial charge in [-0.25, -0.2) is 13.4 Å². The van der Waals surface area contributed by atoms with Crippen LogP contribution in [0.25, 0.3) is 10.9 Å². The van der Waals surface area contributed by atoms with Gasteiger partial charge in [0.05, 0.1) is 12.0 Å². The standard InChI is InChI=1S/C20H18N4O4S2/c1-28-16-4-7-18-14(12-16)8-10-24(18)13-19(25)22-15-2-5-17(6-3-15)30(26,27)23-20-21-9-11-29-20/h2-12H,13H2,1H3,(H,21,23)(H,22,25). The molecule has 0 aliphatic heterocycles. The van der Waals surface area contributed by atoms with Crippen molar-refractivity contribution in [2.45, 2.75) is 11.4 Å². The number of hydrogen-bond acceptors (Lipinski definition) is 6. The Kier molecular flexibility index (Phi) is 5.42. The number of benzene rings is 2. The van der Waals surface area contributed by atoms with E-state index < -0.39 is 10.0 Å². The molecule has 30 heavy (non-hydrogen) atoms. The third-order valence-electron chi connectivity index (χ3n) is 4.39. The highest BCUT2D eigenvalue weighted by Gasteiger charge is 2.15. The number of hydrogen-bond donors (Lipinski definition) is 2. The van der Waals surface area contributed by atoms with Crippen molar-refractivity contribution in [2.24, 2.45) is 0 Å². The predicted molar refractivity (Wildman–Crippen MR) is 116 cm³/mol. The number of amides is 1. The number of carbonyl (C=O) groups is 1. The molecule has 0 atom stereocenters. The second kappa shape index (κ2) is 8.17. The van der Waals surface area contributed by atoms with E-state index in [-0.39, 0.29) is 17.3 Å². The molecule has 0 unspecified atom stereocenters. The summed E-state index contributed by atoms with van der Waals surface area (Å²) in [5, 5.41) is 5.73. The first-order chi connectivity index (χ1) is 14.4. The van der Waals surface area contributed by atoms with Gasteiger partial charge in [0.15, 0.2) is 5.13 Å². The number of sulfonamides is 1. The summed E-state index contributed by atoms with van der Waals surface area (Å²) in [6, 6.07) is 13.5. The maximum atomic E-state index is 12.4. The first-order valence-electron chi connectivity index (χ1n) is 8.90. The zero-order valence-electron chi connectivity index (χ0n) is 15.9. The van der Waals surface area contributed by atoms with Crippen molar-refractivity contribution in [3.05, 3.63) is 66.3 Å². The Labute approximate surface area is 177 Å². The van der Waals surface area contributed by atoms with Crippen LogP contribution in [0.4, 0.5) is 10.8 Å². The minimum absolute atomic E-state index is 0.0843. The molecule has 0 saturated heterocycles. The van der Waals surface area contributed by atoms with Gasteiger partial charge in [-0.2, -0.15) is 0 Å². The molecule has 0 radical (unpaired) electrons. The molecule has 0 fully saturated rings. The molecule has 0 aliphatic carbocycles. The van der Waals surface area contributed by atoms with Gasteiger partial charge in [-0.15, -0.1) is 11.3 Å². The van der Waals surface area contributed by atoms with E-state index in [1.165, 1.54) is 29.7 Å². The fourth-order valence-corrected chi connectivity index (χ4v) is 4.75. The van der Waals surface area contributed by atoms with Crippen LogP contribution in [0, 0.1) is 0 Å². The molecule has 4 aromatic rings. The monoisotopic (exact) mass is 442 g/mol. The molecular formula is C20H18N4O4S2. The highest BCUT2D eigenvalue weighted by molar-refractivity contribution is 7.93. The molecule has 8 nitrogen and oxygen atoms in total. The van der Waals surface area contributed by atoms with E-state index in [9.17, 15) is 13.2 Å². The molecule has 10 heteroatoms. The van der Waals surface area contributed by atoms with Crippen molar-refractivity contribution in [3.8, 4) is 5.75 Å². The van der Waals surface area contributed by atoms with E-state index in [1.54, 1.807) is 24.6 Å². The fourth-order valence-electron chi connectivity index (χ4n) is 2.96. The van der Waals surface area contributed by atoms with Crippen LogP contribution in [0.5, 0.6) is 5.75 Å². The summed E-state index contributed by atoms with van der Waals surface area (Å²) in [5.41, 5.74) is 1.42. The van der Waals surface area contributed by atoms with Gasteiger partial charge < -0.3 is 14.6 Å². The highest BCUT2D eigenvalue weighted by Crippen LogP contribution is 2.22. The maximum absolute atomic E-state index is 12.4. The predicted octanol–water partition coefficient (Wildman–Crippen LogP) is 3.55. The summed E-state index contributed by atoms with van der Waals surface area (Å²) in [7, 11) is -2.12. The van der Waals surface area contributed by atoms with Gasteiger partial charge >= 0.3 is 0 Å². The number of ether oxygens (including phenoxy) is 1. The Balaban J connectivity index is 1.43. The van der Waals surface area contributed by atoms with Crippen LogP contribution in [0.1, 0.15) is 0 Å². The number of anilines is 2. The van der Waals surface area contributed by atoms with E-state index in [0.29, 0.717) is 10.8 Å². The Morgan fingerprint density at radius 2 is 1.97 bits per heavy atom. The number of nitrogens with one attached hydrogen (secondary N) is 2. The summed E-state index contributed by atoms with van der Waals surface area (Å²) in [6.45, 7) is 0.126. The van der Waals surface area contributed by atoms with Crippen molar-refractivity contribution >= 4 is 49.0 Å². The van der Waals surface area contributed by atoms with E-state index in [2.05, 4.69) is 15.0 Å². The van der Waals surface area contributed by atoms with Crippen LogP contribution in [0.2, 0.25) is 0 Å². The highest BCUT2D eigenvalue weighted by atomic mass is 32.2. The van der Waals surface area contributed by atoms with E-state index >= 15 is 0 Å². The maximum Gasteiger partial charge on any atom is 0.263 e. The van der Waals surface area contributed by atoms with Crippen LogP contribution in [-0.2, 0) is 21.4 Å². The Bertz CT molecular complexity index is 1280.